The van der Waals surface area contributed by atoms with E-state index in [2.05, 4.69) is 31.0 Å². The quantitative estimate of drug-likeness (QED) is 0.122. The number of carbonyl (C=O) groups excluding carboxylic acids is 1. The van der Waals surface area contributed by atoms with Crippen molar-refractivity contribution in [1.82, 2.24) is 10.3 Å². The Morgan fingerprint density at radius 3 is 1.56 bits per heavy atom. The Balaban J connectivity index is 0.00000612. The topological polar surface area (TPSA) is 215 Å². The van der Waals surface area contributed by atoms with Crippen LogP contribution in [0.1, 0.15) is 36.1 Å². The van der Waals surface area contributed by atoms with E-state index < -0.39 is 6.03 Å². The molecule has 0 spiro atoms. The standard InChI is InChI=1S/C21H27N11O2.2BrH/c1-13(27-29-19(22)23)17-7-3-15(4-8-17)11-26-21(33)32(31-34)12-16-5-9-18(10-6-16)14(2)28-30-20(24)25;;/h3-10H,11-12H2,1-2H3,(H,26,33)(H4,22,23,29)(H4,24,25,30);2*1H/b27-13-,28-14+;;. The van der Waals surface area contributed by atoms with Gasteiger partial charge in [-0.05, 0) is 36.1 Å². The number of halogens is 2. The maximum Gasteiger partial charge on any atom is 0.341 e. The lowest BCUT2D eigenvalue weighted by Gasteiger charge is -2.15. The first kappa shape index (κ1) is 32.1. The Kier molecular flexibility index (Phi) is 14.2. The third-order valence-corrected chi connectivity index (χ3v) is 4.48. The molecule has 2 aromatic rings. The zero-order valence-electron chi connectivity index (χ0n) is 19.7. The molecule has 13 nitrogen and oxygen atoms in total. The van der Waals surface area contributed by atoms with E-state index in [0.717, 1.165) is 21.7 Å². The molecular formula is C21H29Br2N11O2. The second kappa shape index (κ2) is 15.9. The minimum atomic E-state index is -0.626. The van der Waals surface area contributed by atoms with Crippen LogP contribution in [0, 0.1) is 4.91 Å². The highest BCUT2D eigenvalue weighted by Gasteiger charge is 2.14. The summed E-state index contributed by atoms with van der Waals surface area (Å²) >= 11 is 0. The van der Waals surface area contributed by atoms with Crippen molar-refractivity contribution in [3.8, 4) is 0 Å². The Labute approximate surface area is 229 Å². The van der Waals surface area contributed by atoms with Crippen LogP contribution in [0.2, 0.25) is 0 Å². The van der Waals surface area contributed by atoms with Crippen LogP contribution in [-0.2, 0) is 13.1 Å². The number of nitrogens with one attached hydrogen (secondary N) is 1. The Morgan fingerprint density at radius 1 is 0.750 bits per heavy atom. The van der Waals surface area contributed by atoms with Gasteiger partial charge in [0, 0.05) is 6.54 Å². The van der Waals surface area contributed by atoms with Gasteiger partial charge in [-0.2, -0.15) is 15.2 Å². The fourth-order valence-corrected chi connectivity index (χ4v) is 2.68. The minimum absolute atomic E-state index is 0. The number of urea groups is 1. The van der Waals surface area contributed by atoms with Gasteiger partial charge >= 0.3 is 6.03 Å². The number of amides is 2. The lowest BCUT2D eigenvalue weighted by atomic mass is 10.1. The van der Waals surface area contributed by atoms with Gasteiger partial charge in [-0.1, -0.05) is 48.5 Å². The maximum absolute atomic E-state index is 12.4. The molecule has 0 bridgehead atoms. The summed E-state index contributed by atoms with van der Waals surface area (Å²) in [5, 5.41) is 21.3. The van der Waals surface area contributed by atoms with Crippen LogP contribution in [0.4, 0.5) is 4.79 Å². The molecule has 194 valence electrons. The van der Waals surface area contributed by atoms with E-state index in [9.17, 15) is 9.70 Å². The zero-order valence-corrected chi connectivity index (χ0v) is 23.1. The largest absolute Gasteiger partial charge is 0.369 e. The van der Waals surface area contributed by atoms with E-state index in [4.69, 9.17) is 22.9 Å². The van der Waals surface area contributed by atoms with Crippen LogP contribution < -0.4 is 28.3 Å². The molecule has 15 heteroatoms. The average molecular weight is 627 g/mol. The molecule has 0 saturated heterocycles. The number of nitroso groups, excluding NO2 is 1. The van der Waals surface area contributed by atoms with E-state index >= 15 is 0 Å². The van der Waals surface area contributed by atoms with Crippen LogP contribution in [0.15, 0.2) is 74.2 Å². The summed E-state index contributed by atoms with van der Waals surface area (Å²) in [5.41, 5.74) is 25.4. The highest BCUT2D eigenvalue weighted by atomic mass is 79.9. The van der Waals surface area contributed by atoms with Crippen LogP contribution in [0.5, 0.6) is 0 Å². The molecule has 0 aliphatic carbocycles. The Hall–Kier alpha value is -3.85. The predicted molar refractivity (Wildman–Crippen MR) is 153 cm³/mol. The lowest BCUT2D eigenvalue weighted by Crippen LogP contribution is -2.35. The second-order valence-corrected chi connectivity index (χ2v) is 7.11. The van der Waals surface area contributed by atoms with Crippen LogP contribution in [0.25, 0.3) is 0 Å². The van der Waals surface area contributed by atoms with Crippen LogP contribution in [0.3, 0.4) is 0 Å². The number of rotatable bonds is 9. The van der Waals surface area contributed by atoms with Gasteiger partial charge in [-0.15, -0.1) is 49.1 Å². The molecule has 2 aromatic carbocycles. The van der Waals surface area contributed by atoms with Gasteiger partial charge in [0.25, 0.3) is 0 Å². The highest BCUT2D eigenvalue weighted by molar-refractivity contribution is 8.93. The molecule has 0 fully saturated rings. The molecule has 0 aliphatic rings. The molecule has 2 amide bonds. The normalized spacial score (nSPS) is 10.7. The third-order valence-electron chi connectivity index (χ3n) is 4.48. The molecule has 36 heavy (non-hydrogen) atoms. The van der Waals surface area contributed by atoms with Gasteiger partial charge < -0.3 is 28.3 Å². The Bertz CT molecular complexity index is 1120. The number of carbonyl (C=O) groups is 1. The molecule has 2 rings (SSSR count). The number of nitrogens with two attached hydrogens (primary N) is 4. The molecular weight excluding hydrogens is 598 g/mol. The van der Waals surface area contributed by atoms with Crippen molar-refractivity contribution in [3.05, 3.63) is 75.7 Å². The molecule has 0 saturated carbocycles. The fraction of sp³-hybridized carbons (Fsp3) is 0.190. The van der Waals surface area contributed by atoms with Crippen molar-refractivity contribution in [2.45, 2.75) is 26.9 Å². The number of hydrogen-bond acceptors (Lipinski definition) is 7. The molecule has 0 radical (unpaired) electrons. The van der Waals surface area contributed by atoms with Crippen molar-refractivity contribution >= 4 is 63.3 Å². The smallest absolute Gasteiger partial charge is 0.341 e. The number of guanidine groups is 2. The van der Waals surface area contributed by atoms with Gasteiger partial charge in [0.1, 0.15) is 0 Å². The van der Waals surface area contributed by atoms with Crippen molar-refractivity contribution < 1.29 is 4.79 Å². The summed E-state index contributed by atoms with van der Waals surface area (Å²) in [7, 11) is 0. The monoisotopic (exact) mass is 625 g/mol. The van der Waals surface area contributed by atoms with E-state index in [1.807, 2.05) is 24.3 Å². The van der Waals surface area contributed by atoms with Crippen molar-refractivity contribution in [3.63, 3.8) is 0 Å². The van der Waals surface area contributed by atoms with Crippen molar-refractivity contribution in [2.24, 2.45) is 48.6 Å². The van der Waals surface area contributed by atoms with Crippen LogP contribution in [-0.4, -0.2) is 34.4 Å². The summed E-state index contributed by atoms with van der Waals surface area (Å²) in [6.07, 6.45) is 0. The van der Waals surface area contributed by atoms with E-state index in [1.165, 1.54) is 0 Å². The number of benzene rings is 2. The molecule has 0 aromatic heterocycles. The summed E-state index contributed by atoms with van der Waals surface area (Å²) in [6, 6.07) is 13.7. The third kappa shape index (κ3) is 10.6. The first-order chi connectivity index (χ1) is 16.2. The van der Waals surface area contributed by atoms with E-state index in [1.54, 1.807) is 38.1 Å². The molecule has 0 unspecified atom stereocenters. The first-order valence-electron chi connectivity index (χ1n) is 10.0. The van der Waals surface area contributed by atoms with E-state index in [0.29, 0.717) is 17.0 Å². The lowest BCUT2D eigenvalue weighted by molar-refractivity contribution is 0.196. The zero-order chi connectivity index (χ0) is 25.1. The van der Waals surface area contributed by atoms with Gasteiger partial charge in [-0.25, -0.2) is 4.79 Å². The SMILES string of the molecule is Br.Br.C/C(=N/N=C(N)N)c1ccc(CNC(=O)N(Cc2ccc(/C(C)=N/N=C(N)N)cc2)N=O)cc1. The summed E-state index contributed by atoms with van der Waals surface area (Å²) in [5.74, 6) is -0.271. The minimum Gasteiger partial charge on any atom is -0.369 e. The molecule has 0 aliphatic heterocycles. The van der Waals surface area contributed by atoms with Crippen LogP contribution >= 0.6 is 34.0 Å². The van der Waals surface area contributed by atoms with Crippen molar-refractivity contribution in [2.75, 3.05) is 0 Å². The summed E-state index contributed by atoms with van der Waals surface area (Å²) < 4.78 is 0. The van der Waals surface area contributed by atoms with E-state index in [-0.39, 0.29) is 59.0 Å². The van der Waals surface area contributed by atoms with Gasteiger partial charge in [0.2, 0.25) is 11.9 Å². The molecule has 9 N–H and O–H groups in total. The second-order valence-electron chi connectivity index (χ2n) is 7.11. The molecule has 0 atom stereocenters. The fourth-order valence-electron chi connectivity index (χ4n) is 2.68. The average Bonchev–Trinajstić information content (AvgIpc) is 2.83. The van der Waals surface area contributed by atoms with Gasteiger partial charge in [0.15, 0.2) is 0 Å². The van der Waals surface area contributed by atoms with Gasteiger partial charge in [0.05, 0.1) is 23.3 Å². The summed E-state index contributed by atoms with van der Waals surface area (Å²) in [6.45, 7) is 3.72. The maximum atomic E-state index is 12.4. The van der Waals surface area contributed by atoms with Crippen molar-refractivity contribution in [1.29, 1.82) is 0 Å². The predicted octanol–water partition coefficient (Wildman–Crippen LogP) is 2.23. The number of nitrogens with zero attached hydrogens (tertiary/aromatic N) is 6. The van der Waals surface area contributed by atoms with Gasteiger partial charge in [-0.3, -0.25) is 0 Å². The first-order valence-corrected chi connectivity index (χ1v) is 10.0. The number of hydrogen-bond donors (Lipinski definition) is 5. The Morgan fingerprint density at radius 2 is 1.17 bits per heavy atom. The molecule has 0 heterocycles. The highest BCUT2D eigenvalue weighted by Crippen LogP contribution is 2.11. The summed E-state index contributed by atoms with van der Waals surface area (Å²) in [4.78, 5) is 23.6.